The number of carbonyl (C=O) groups is 1. The van der Waals surface area contributed by atoms with E-state index >= 15 is 0 Å². The molecular weight excluding hydrogens is 498 g/mol. The highest BCUT2D eigenvalue weighted by atomic mass is 16.1. The Hall–Kier alpha value is -4.95. The molecule has 0 aliphatic heterocycles. The van der Waals surface area contributed by atoms with Crippen LogP contribution >= 0.6 is 0 Å². The molecule has 0 heterocycles. The van der Waals surface area contributed by atoms with Gasteiger partial charge in [-0.1, -0.05) is 109 Å². The summed E-state index contributed by atoms with van der Waals surface area (Å²) in [6.07, 6.45) is 11.9. The third-order valence-electron chi connectivity index (χ3n) is 7.89. The Balaban J connectivity index is 0.000000180. The molecule has 2 nitrogen and oxygen atoms in total. The maximum Gasteiger partial charge on any atom is 0.186 e. The molecule has 41 heavy (non-hydrogen) atoms. The maximum atomic E-state index is 11.5. The second-order valence-electron chi connectivity index (χ2n) is 10.3. The minimum absolute atomic E-state index is 0.110. The Bertz CT molecular complexity index is 1810. The summed E-state index contributed by atoms with van der Waals surface area (Å²) in [4.78, 5) is 13.9. The van der Waals surface area contributed by atoms with Crippen LogP contribution in [0, 0.1) is 0 Å². The Morgan fingerprint density at radius 3 is 2.00 bits per heavy atom. The van der Waals surface area contributed by atoms with Gasteiger partial charge in [0, 0.05) is 24.4 Å². The summed E-state index contributed by atoms with van der Waals surface area (Å²) in [6.45, 7) is 6.47. The van der Waals surface area contributed by atoms with Crippen molar-refractivity contribution in [2.75, 3.05) is 18.0 Å². The molecule has 0 N–H and O–H groups in total. The van der Waals surface area contributed by atoms with Crippen molar-refractivity contribution in [1.29, 1.82) is 0 Å². The maximum absolute atomic E-state index is 11.5. The van der Waals surface area contributed by atoms with Gasteiger partial charge in [0.15, 0.2) is 5.78 Å². The topological polar surface area (TPSA) is 20.3 Å². The van der Waals surface area contributed by atoms with Gasteiger partial charge < -0.3 is 4.90 Å². The molecule has 0 atom stereocenters. The van der Waals surface area contributed by atoms with E-state index in [9.17, 15) is 4.79 Å². The molecule has 0 spiro atoms. The molecule has 0 radical (unpaired) electrons. The second-order valence-corrected chi connectivity index (χ2v) is 10.3. The smallest absolute Gasteiger partial charge is 0.186 e. The zero-order valence-electron chi connectivity index (χ0n) is 23.5. The molecule has 0 unspecified atom stereocenters. The molecule has 0 aromatic heterocycles. The van der Waals surface area contributed by atoms with Crippen LogP contribution in [0.2, 0.25) is 0 Å². The molecule has 200 valence electrons. The molecule has 2 heteroatoms. The lowest BCUT2D eigenvalue weighted by Gasteiger charge is -2.20. The van der Waals surface area contributed by atoms with E-state index < -0.39 is 0 Å². The predicted molar refractivity (Wildman–Crippen MR) is 177 cm³/mol. The van der Waals surface area contributed by atoms with E-state index in [0.29, 0.717) is 0 Å². The third-order valence-corrected chi connectivity index (χ3v) is 7.89. The first kappa shape index (κ1) is 26.3. The molecule has 5 aromatic carbocycles. The Kier molecular flexibility index (Phi) is 7.47. The fourth-order valence-electron chi connectivity index (χ4n) is 5.74. The van der Waals surface area contributed by atoms with Gasteiger partial charge in [-0.25, -0.2) is 0 Å². The molecule has 0 saturated heterocycles. The first-order chi connectivity index (χ1) is 20.2. The number of nitrogens with zero attached hydrogens (tertiary/aromatic N) is 1. The standard InChI is InChI=1S/C26H25N.C13H8O/c1-3-27(4-2)23-16-13-20(14-17-23)15-18-26-24-11-7-5-9-21(24)19-22-10-6-8-12-25(22)26;14-13-7-3-6-11-10-5-2-1-4-9(10)8-12(11)13/h5-19H,3-4H2,1-2H3;1-8H. The molecule has 5 aromatic rings. The van der Waals surface area contributed by atoms with Crippen LogP contribution in [0.4, 0.5) is 5.69 Å². The van der Waals surface area contributed by atoms with Gasteiger partial charge in [-0.2, -0.15) is 0 Å². The van der Waals surface area contributed by atoms with E-state index in [1.165, 1.54) is 43.9 Å². The van der Waals surface area contributed by atoms with Crippen molar-refractivity contribution in [2.45, 2.75) is 13.8 Å². The minimum atomic E-state index is 0.110. The van der Waals surface area contributed by atoms with Crippen LogP contribution in [0.3, 0.4) is 0 Å². The van der Waals surface area contributed by atoms with Crippen LogP contribution in [0.15, 0.2) is 127 Å². The second kappa shape index (κ2) is 11.7. The SMILES string of the molecule is CCN(CC)c1ccc(C=Cc2c3ccccc3cc3ccccc23)cc1.O=C1C=CC=C2C1=Cc1ccccc12. The molecule has 0 saturated carbocycles. The summed E-state index contributed by atoms with van der Waals surface area (Å²) >= 11 is 0. The molecule has 0 fully saturated rings. The van der Waals surface area contributed by atoms with E-state index in [-0.39, 0.29) is 5.78 Å². The zero-order valence-corrected chi connectivity index (χ0v) is 23.5. The average molecular weight is 532 g/mol. The van der Waals surface area contributed by atoms with E-state index in [2.05, 4.69) is 116 Å². The molecular formula is C39H33NO. The number of allylic oxidation sites excluding steroid dienone is 5. The number of benzene rings is 5. The fraction of sp³-hybridized carbons (Fsp3) is 0.103. The Morgan fingerprint density at radius 1 is 0.683 bits per heavy atom. The zero-order chi connectivity index (χ0) is 28.2. The lowest BCUT2D eigenvalue weighted by Crippen LogP contribution is -2.21. The summed E-state index contributed by atoms with van der Waals surface area (Å²) in [7, 11) is 0. The number of anilines is 1. The number of fused-ring (bicyclic) bond motifs is 5. The highest BCUT2D eigenvalue weighted by molar-refractivity contribution is 6.23. The molecule has 0 bridgehead atoms. The minimum Gasteiger partial charge on any atom is -0.372 e. The van der Waals surface area contributed by atoms with Crippen LogP contribution in [0.5, 0.6) is 0 Å². The van der Waals surface area contributed by atoms with Crippen LogP contribution in [-0.2, 0) is 4.79 Å². The van der Waals surface area contributed by atoms with Gasteiger partial charge in [0.1, 0.15) is 0 Å². The van der Waals surface area contributed by atoms with Gasteiger partial charge in [-0.15, -0.1) is 0 Å². The number of hydrogen-bond donors (Lipinski definition) is 0. The van der Waals surface area contributed by atoms with Crippen molar-refractivity contribution in [3.05, 3.63) is 149 Å². The van der Waals surface area contributed by atoms with Gasteiger partial charge in [0.2, 0.25) is 0 Å². The highest BCUT2D eigenvalue weighted by Crippen LogP contribution is 2.37. The Labute approximate surface area is 242 Å². The van der Waals surface area contributed by atoms with Gasteiger partial charge >= 0.3 is 0 Å². The first-order valence-electron chi connectivity index (χ1n) is 14.3. The normalized spacial score (nSPS) is 13.5. The van der Waals surface area contributed by atoms with Crippen molar-refractivity contribution < 1.29 is 4.79 Å². The number of hydrogen-bond acceptors (Lipinski definition) is 2. The first-order valence-corrected chi connectivity index (χ1v) is 14.3. The lowest BCUT2D eigenvalue weighted by atomic mass is 9.96. The summed E-state index contributed by atoms with van der Waals surface area (Å²) in [6, 6.07) is 36.5. The summed E-state index contributed by atoms with van der Waals surface area (Å²) in [5.74, 6) is 0.110. The molecule has 2 aliphatic rings. The highest BCUT2D eigenvalue weighted by Gasteiger charge is 2.23. The van der Waals surface area contributed by atoms with Gasteiger partial charge in [0.25, 0.3) is 0 Å². The molecule has 2 aliphatic carbocycles. The summed E-state index contributed by atoms with van der Waals surface area (Å²) in [5.41, 5.74) is 8.00. The number of carbonyl (C=O) groups excluding carboxylic acids is 1. The van der Waals surface area contributed by atoms with Gasteiger partial charge in [-0.3, -0.25) is 4.79 Å². The number of ketones is 1. The average Bonchev–Trinajstić information content (AvgIpc) is 3.41. The summed E-state index contributed by atoms with van der Waals surface area (Å²) in [5, 5.41) is 5.17. The van der Waals surface area contributed by atoms with E-state index in [1.54, 1.807) is 6.08 Å². The van der Waals surface area contributed by atoms with Crippen molar-refractivity contribution in [2.24, 2.45) is 0 Å². The van der Waals surface area contributed by atoms with Crippen LogP contribution in [0.1, 0.15) is 36.1 Å². The van der Waals surface area contributed by atoms with Crippen molar-refractivity contribution in [3.63, 3.8) is 0 Å². The van der Waals surface area contributed by atoms with Crippen LogP contribution < -0.4 is 4.90 Å². The fourth-order valence-corrected chi connectivity index (χ4v) is 5.74. The van der Waals surface area contributed by atoms with E-state index in [1.807, 2.05) is 36.4 Å². The number of rotatable bonds is 5. The largest absolute Gasteiger partial charge is 0.372 e. The van der Waals surface area contributed by atoms with E-state index in [0.717, 1.165) is 29.8 Å². The van der Waals surface area contributed by atoms with E-state index in [4.69, 9.17) is 0 Å². The third kappa shape index (κ3) is 5.29. The summed E-state index contributed by atoms with van der Waals surface area (Å²) < 4.78 is 0. The van der Waals surface area contributed by atoms with Crippen molar-refractivity contribution >= 4 is 56.8 Å². The quantitative estimate of drug-likeness (QED) is 0.166. The van der Waals surface area contributed by atoms with Crippen molar-refractivity contribution in [1.82, 2.24) is 0 Å². The van der Waals surface area contributed by atoms with Crippen LogP contribution in [0.25, 0.3) is 45.3 Å². The van der Waals surface area contributed by atoms with Gasteiger partial charge in [-0.05, 0) is 93.6 Å². The molecule has 0 amide bonds. The lowest BCUT2D eigenvalue weighted by molar-refractivity contribution is -0.110. The monoisotopic (exact) mass is 531 g/mol. The van der Waals surface area contributed by atoms with Crippen LogP contribution in [-0.4, -0.2) is 18.9 Å². The van der Waals surface area contributed by atoms with Gasteiger partial charge in [0.05, 0.1) is 0 Å². The van der Waals surface area contributed by atoms with Crippen molar-refractivity contribution in [3.8, 4) is 0 Å². The molecule has 7 rings (SSSR count). The Morgan fingerprint density at radius 2 is 1.32 bits per heavy atom. The predicted octanol–water partition coefficient (Wildman–Crippen LogP) is 9.62.